The van der Waals surface area contributed by atoms with Crippen molar-refractivity contribution in [2.24, 2.45) is 0 Å². The van der Waals surface area contributed by atoms with Crippen LogP contribution < -0.4 is 0 Å². The minimum absolute atomic E-state index is 0.0622. The number of rotatable bonds is 4. The molecule has 0 aliphatic carbocycles. The van der Waals surface area contributed by atoms with E-state index < -0.39 is 11.9 Å². The topological polar surface area (TPSA) is 63.3 Å². The molecule has 4 nitrogen and oxygen atoms in total. The first-order valence-electron chi connectivity index (χ1n) is 2.96. The molecule has 0 spiro atoms. The summed E-state index contributed by atoms with van der Waals surface area (Å²) in [6.45, 7) is 1.43. The molecular formula is C6H9O4. The molecular weight excluding hydrogens is 136 g/mol. The van der Waals surface area contributed by atoms with Crippen molar-refractivity contribution in [3.8, 4) is 0 Å². The molecule has 0 fully saturated rings. The number of esters is 1. The van der Waals surface area contributed by atoms with Gasteiger partial charge in [-0.1, -0.05) is 0 Å². The molecule has 0 aliphatic heterocycles. The number of carbonyl (C=O) groups excluding carboxylic acids is 2. The zero-order chi connectivity index (χ0) is 7.98. The summed E-state index contributed by atoms with van der Waals surface area (Å²) in [6.07, 6.45) is 0.259. The summed E-state index contributed by atoms with van der Waals surface area (Å²) in [6, 6.07) is 0. The molecule has 0 rings (SSSR count). The Balaban J connectivity index is 3.06. The lowest BCUT2D eigenvalue weighted by Gasteiger charge is -1.96. The molecule has 0 saturated heterocycles. The van der Waals surface area contributed by atoms with Gasteiger partial charge in [0, 0.05) is 6.92 Å². The molecule has 0 aliphatic rings. The number of hydrogen-bond acceptors (Lipinski definition) is 3. The summed E-state index contributed by atoms with van der Waals surface area (Å²) in [4.78, 5) is 19.9. The van der Waals surface area contributed by atoms with E-state index in [0.29, 0.717) is 6.42 Å². The first-order chi connectivity index (χ1) is 4.63. The second kappa shape index (κ2) is 4.78. The summed E-state index contributed by atoms with van der Waals surface area (Å²) in [7, 11) is 0. The minimum atomic E-state index is -1.12. The van der Waals surface area contributed by atoms with Crippen LogP contribution >= 0.6 is 0 Å². The molecule has 0 aromatic carbocycles. The van der Waals surface area contributed by atoms with Gasteiger partial charge in [-0.15, -0.1) is 0 Å². The first-order valence-corrected chi connectivity index (χ1v) is 2.96. The average Bonchev–Trinajstić information content (AvgIpc) is 1.79. The molecule has 0 N–H and O–H groups in total. The summed E-state index contributed by atoms with van der Waals surface area (Å²) in [5.41, 5.74) is 0. The predicted molar refractivity (Wildman–Crippen MR) is 31.6 cm³/mol. The first kappa shape index (κ1) is 8.94. The molecule has 0 aromatic heterocycles. The smallest absolute Gasteiger partial charge is 0.355 e. The van der Waals surface area contributed by atoms with E-state index in [1.54, 1.807) is 0 Å². The molecule has 57 valence electrons. The molecule has 1 radical (unpaired) electrons. The van der Waals surface area contributed by atoms with Crippen molar-refractivity contribution in [3.05, 3.63) is 0 Å². The SMILES string of the molecule is CC(=O)OCCCC([O])=O. The van der Waals surface area contributed by atoms with Gasteiger partial charge in [0.15, 0.2) is 0 Å². The van der Waals surface area contributed by atoms with Crippen LogP contribution in [0.2, 0.25) is 0 Å². The van der Waals surface area contributed by atoms with E-state index in [4.69, 9.17) is 0 Å². The third-order valence-electron chi connectivity index (χ3n) is 0.831. The van der Waals surface area contributed by atoms with Crippen LogP contribution in [0.3, 0.4) is 0 Å². The third-order valence-corrected chi connectivity index (χ3v) is 0.831. The molecule has 0 amide bonds. The molecule has 0 saturated carbocycles. The van der Waals surface area contributed by atoms with Gasteiger partial charge in [0.25, 0.3) is 0 Å². The van der Waals surface area contributed by atoms with Gasteiger partial charge in [-0.05, 0) is 6.42 Å². The van der Waals surface area contributed by atoms with Crippen molar-refractivity contribution < 1.29 is 19.4 Å². The Morgan fingerprint density at radius 3 is 2.40 bits per heavy atom. The number of hydrogen-bond donors (Lipinski definition) is 0. The maximum absolute atomic E-state index is 10.1. The number of carbonyl (C=O) groups is 2. The second-order valence-corrected chi connectivity index (χ2v) is 1.82. The lowest BCUT2D eigenvalue weighted by atomic mass is 10.3. The maximum atomic E-state index is 10.1. The minimum Gasteiger partial charge on any atom is -0.466 e. The molecule has 10 heavy (non-hydrogen) atoms. The Bertz CT molecular complexity index is 114. The third kappa shape index (κ3) is 6.94. The van der Waals surface area contributed by atoms with E-state index in [1.807, 2.05) is 0 Å². The standard InChI is InChI=1S/C6H9O4/c1-5(7)10-4-2-3-6(8)9/h2-4H2,1H3. The molecule has 0 atom stereocenters. The molecule has 0 heterocycles. The Kier molecular flexibility index (Phi) is 4.28. The van der Waals surface area contributed by atoms with Crippen molar-refractivity contribution in [3.63, 3.8) is 0 Å². The van der Waals surface area contributed by atoms with Crippen LogP contribution in [-0.4, -0.2) is 18.5 Å². The van der Waals surface area contributed by atoms with Crippen LogP contribution in [0.25, 0.3) is 0 Å². The average molecular weight is 145 g/mol. The van der Waals surface area contributed by atoms with Gasteiger partial charge in [0.1, 0.15) is 0 Å². The van der Waals surface area contributed by atoms with E-state index in [9.17, 15) is 14.7 Å². The van der Waals surface area contributed by atoms with Crippen LogP contribution in [0.4, 0.5) is 0 Å². The van der Waals surface area contributed by atoms with E-state index in [1.165, 1.54) is 6.92 Å². The predicted octanol–water partition coefficient (Wildman–Crippen LogP) is 0.287. The zero-order valence-electron chi connectivity index (χ0n) is 5.75. The van der Waals surface area contributed by atoms with Gasteiger partial charge >= 0.3 is 11.9 Å². The van der Waals surface area contributed by atoms with E-state index in [2.05, 4.69) is 4.74 Å². The Morgan fingerprint density at radius 2 is 2.00 bits per heavy atom. The quantitative estimate of drug-likeness (QED) is 0.421. The number of ether oxygens (including phenoxy) is 1. The van der Waals surface area contributed by atoms with Crippen molar-refractivity contribution >= 4 is 11.9 Å². The molecule has 0 aromatic rings. The highest BCUT2D eigenvalue weighted by molar-refractivity contribution is 5.67. The summed E-state index contributed by atoms with van der Waals surface area (Å²) < 4.78 is 4.46. The summed E-state index contributed by atoms with van der Waals surface area (Å²) >= 11 is 0. The van der Waals surface area contributed by atoms with Crippen LogP contribution in [0.1, 0.15) is 19.8 Å². The van der Waals surface area contributed by atoms with Crippen LogP contribution in [0.5, 0.6) is 0 Å². The van der Waals surface area contributed by atoms with Gasteiger partial charge in [-0.3, -0.25) is 4.79 Å². The van der Waals surface area contributed by atoms with Crippen molar-refractivity contribution in [2.75, 3.05) is 6.61 Å². The van der Waals surface area contributed by atoms with E-state index >= 15 is 0 Å². The van der Waals surface area contributed by atoms with E-state index in [-0.39, 0.29) is 13.0 Å². The van der Waals surface area contributed by atoms with Crippen molar-refractivity contribution in [1.82, 2.24) is 0 Å². The largest absolute Gasteiger partial charge is 0.466 e. The van der Waals surface area contributed by atoms with Crippen LogP contribution in [-0.2, 0) is 19.4 Å². The molecule has 0 unspecified atom stereocenters. The highest BCUT2D eigenvalue weighted by Crippen LogP contribution is 1.89. The van der Waals surface area contributed by atoms with Crippen molar-refractivity contribution in [1.29, 1.82) is 0 Å². The molecule has 0 bridgehead atoms. The van der Waals surface area contributed by atoms with Crippen LogP contribution in [0.15, 0.2) is 0 Å². The highest BCUT2D eigenvalue weighted by atomic mass is 16.5. The fourth-order valence-corrected chi connectivity index (χ4v) is 0.432. The maximum Gasteiger partial charge on any atom is 0.355 e. The second-order valence-electron chi connectivity index (χ2n) is 1.82. The van der Waals surface area contributed by atoms with E-state index in [0.717, 1.165) is 0 Å². The Hall–Kier alpha value is -1.06. The van der Waals surface area contributed by atoms with Gasteiger partial charge in [0.2, 0.25) is 0 Å². The Labute approximate surface area is 58.8 Å². The normalized spacial score (nSPS) is 8.90. The highest BCUT2D eigenvalue weighted by Gasteiger charge is 1.99. The van der Waals surface area contributed by atoms with Gasteiger partial charge in [-0.25, -0.2) is 9.90 Å². The fraction of sp³-hybridized carbons (Fsp3) is 0.667. The Morgan fingerprint density at radius 1 is 1.40 bits per heavy atom. The summed E-state index contributed by atoms with van der Waals surface area (Å²) in [5, 5.41) is 9.79. The zero-order valence-corrected chi connectivity index (χ0v) is 5.75. The molecule has 4 heteroatoms. The monoisotopic (exact) mass is 145 g/mol. The summed E-state index contributed by atoms with van der Waals surface area (Å²) in [5.74, 6) is -1.51. The lowest BCUT2D eigenvalue weighted by Crippen LogP contribution is -2.02. The van der Waals surface area contributed by atoms with Crippen molar-refractivity contribution in [2.45, 2.75) is 19.8 Å². The van der Waals surface area contributed by atoms with Crippen LogP contribution in [0, 0.1) is 0 Å². The lowest BCUT2D eigenvalue weighted by molar-refractivity contribution is -0.146. The van der Waals surface area contributed by atoms with Gasteiger partial charge < -0.3 is 4.74 Å². The van der Waals surface area contributed by atoms with Gasteiger partial charge in [0.05, 0.1) is 13.0 Å². The fourth-order valence-electron chi connectivity index (χ4n) is 0.432. The van der Waals surface area contributed by atoms with Gasteiger partial charge in [-0.2, -0.15) is 0 Å².